The van der Waals surface area contributed by atoms with Crippen molar-refractivity contribution in [2.24, 2.45) is 0 Å². The zero-order valence-electron chi connectivity index (χ0n) is 13.2. The predicted octanol–water partition coefficient (Wildman–Crippen LogP) is 2.40. The van der Waals surface area contributed by atoms with E-state index < -0.39 is 6.04 Å². The highest BCUT2D eigenvalue weighted by atomic mass is 32.2. The summed E-state index contributed by atoms with van der Waals surface area (Å²) < 4.78 is 13.2. The fourth-order valence-electron chi connectivity index (χ4n) is 1.93. The lowest BCUT2D eigenvalue weighted by Gasteiger charge is -2.18. The minimum absolute atomic E-state index is 0.140. The summed E-state index contributed by atoms with van der Waals surface area (Å²) in [7, 11) is 0. The fraction of sp³-hybridized carbons (Fsp3) is 0.500. The van der Waals surface area contributed by atoms with Gasteiger partial charge in [0.15, 0.2) is 0 Å². The molecule has 0 spiro atoms. The van der Waals surface area contributed by atoms with E-state index in [2.05, 4.69) is 10.6 Å². The highest BCUT2D eigenvalue weighted by Gasteiger charge is 2.19. The largest absolute Gasteiger partial charge is 0.350 e. The first-order chi connectivity index (χ1) is 10.5. The quantitative estimate of drug-likeness (QED) is 0.771. The molecule has 122 valence electrons. The molecule has 2 N–H and O–H groups in total. The number of hydrogen-bond acceptors (Lipinski definition) is 3. The van der Waals surface area contributed by atoms with Gasteiger partial charge in [0.25, 0.3) is 0 Å². The Bertz CT molecular complexity index is 523. The van der Waals surface area contributed by atoms with Gasteiger partial charge < -0.3 is 10.6 Å². The van der Waals surface area contributed by atoms with E-state index in [4.69, 9.17) is 0 Å². The third kappa shape index (κ3) is 6.05. The van der Waals surface area contributed by atoms with Crippen molar-refractivity contribution in [1.82, 2.24) is 10.6 Å². The van der Waals surface area contributed by atoms with Crippen LogP contribution in [0.2, 0.25) is 0 Å². The minimum atomic E-state index is -0.526. The summed E-state index contributed by atoms with van der Waals surface area (Å²) in [6.07, 6.45) is 2.89. The lowest BCUT2D eigenvalue weighted by atomic mass is 10.1. The van der Waals surface area contributed by atoms with E-state index in [0.717, 1.165) is 11.3 Å². The smallest absolute Gasteiger partial charge is 0.242 e. The van der Waals surface area contributed by atoms with Gasteiger partial charge in [-0.3, -0.25) is 9.59 Å². The lowest BCUT2D eigenvalue weighted by molar-refractivity contribution is -0.129. The monoisotopic (exact) mass is 326 g/mol. The molecule has 2 amide bonds. The Labute approximate surface area is 135 Å². The number of nitrogens with one attached hydrogen (secondary N) is 2. The van der Waals surface area contributed by atoms with Crippen LogP contribution in [-0.2, 0) is 16.1 Å². The lowest BCUT2D eigenvalue weighted by Crippen LogP contribution is -2.46. The first-order valence-electron chi connectivity index (χ1n) is 7.29. The van der Waals surface area contributed by atoms with Gasteiger partial charge in [-0.2, -0.15) is 11.8 Å². The summed E-state index contributed by atoms with van der Waals surface area (Å²) in [6.45, 7) is 3.75. The van der Waals surface area contributed by atoms with Crippen LogP contribution in [0.25, 0.3) is 0 Å². The third-order valence-electron chi connectivity index (χ3n) is 3.27. The summed E-state index contributed by atoms with van der Waals surface area (Å²) >= 11 is 1.63. The molecule has 0 heterocycles. The van der Waals surface area contributed by atoms with Crippen LogP contribution in [0.4, 0.5) is 4.39 Å². The maximum atomic E-state index is 13.2. The van der Waals surface area contributed by atoms with Gasteiger partial charge in [0.2, 0.25) is 11.8 Å². The second-order valence-corrected chi connectivity index (χ2v) is 6.04. The van der Waals surface area contributed by atoms with Crippen molar-refractivity contribution in [3.63, 3.8) is 0 Å². The molecule has 1 rings (SSSR count). The molecule has 0 aliphatic carbocycles. The molecule has 1 aromatic carbocycles. The van der Waals surface area contributed by atoms with Crippen LogP contribution in [0, 0.1) is 12.7 Å². The van der Waals surface area contributed by atoms with Crippen LogP contribution in [-0.4, -0.2) is 29.9 Å². The van der Waals surface area contributed by atoms with Crippen molar-refractivity contribution >= 4 is 23.6 Å². The number of carbonyl (C=O) groups is 2. The van der Waals surface area contributed by atoms with Gasteiger partial charge in [0.05, 0.1) is 0 Å². The zero-order valence-corrected chi connectivity index (χ0v) is 14.1. The molecule has 0 aliphatic rings. The Morgan fingerprint density at radius 1 is 1.36 bits per heavy atom. The Balaban J connectivity index is 2.61. The molecule has 0 saturated heterocycles. The van der Waals surface area contributed by atoms with Crippen LogP contribution in [0.3, 0.4) is 0 Å². The Morgan fingerprint density at radius 3 is 2.68 bits per heavy atom. The molecule has 1 aromatic rings. The number of carbonyl (C=O) groups excluding carboxylic acids is 2. The Kier molecular flexibility index (Phi) is 7.95. The van der Waals surface area contributed by atoms with Crippen LogP contribution < -0.4 is 10.6 Å². The number of rotatable bonds is 8. The standard InChI is InChI=1S/C16H23FN2O2S/c1-4-15(20)19-14(7-8-22-3)16(21)18-10-12-5-6-13(17)11(2)9-12/h5-6,9,14H,4,7-8,10H2,1-3H3,(H,18,21)(H,19,20). The summed E-state index contributed by atoms with van der Waals surface area (Å²) in [4.78, 5) is 23.7. The Hall–Kier alpha value is -1.56. The molecule has 0 saturated carbocycles. The normalized spacial score (nSPS) is 11.8. The molecule has 0 radical (unpaired) electrons. The minimum Gasteiger partial charge on any atom is -0.350 e. The number of amides is 2. The van der Waals surface area contributed by atoms with Gasteiger partial charge in [-0.15, -0.1) is 0 Å². The van der Waals surface area contributed by atoms with Gasteiger partial charge in [-0.1, -0.05) is 19.1 Å². The van der Waals surface area contributed by atoms with Crippen molar-refractivity contribution in [3.8, 4) is 0 Å². The molecule has 0 aliphatic heterocycles. The number of thioether (sulfide) groups is 1. The molecule has 22 heavy (non-hydrogen) atoms. The van der Waals surface area contributed by atoms with Crippen molar-refractivity contribution in [3.05, 3.63) is 35.1 Å². The molecule has 4 nitrogen and oxygen atoms in total. The zero-order chi connectivity index (χ0) is 16.5. The Morgan fingerprint density at radius 2 is 2.09 bits per heavy atom. The number of hydrogen-bond donors (Lipinski definition) is 2. The van der Waals surface area contributed by atoms with Gasteiger partial charge in [-0.05, 0) is 42.5 Å². The number of halogens is 1. The van der Waals surface area contributed by atoms with E-state index >= 15 is 0 Å². The molecule has 0 aromatic heterocycles. The van der Waals surface area contributed by atoms with Crippen LogP contribution in [0.5, 0.6) is 0 Å². The topological polar surface area (TPSA) is 58.2 Å². The summed E-state index contributed by atoms with van der Waals surface area (Å²) in [5.41, 5.74) is 1.38. The van der Waals surface area contributed by atoms with Gasteiger partial charge in [-0.25, -0.2) is 4.39 Å². The number of aryl methyl sites for hydroxylation is 1. The maximum Gasteiger partial charge on any atom is 0.242 e. The molecule has 1 atom stereocenters. The van der Waals surface area contributed by atoms with E-state index in [1.165, 1.54) is 6.07 Å². The average molecular weight is 326 g/mol. The highest BCUT2D eigenvalue weighted by Crippen LogP contribution is 2.09. The van der Waals surface area contributed by atoms with Crippen LogP contribution in [0.1, 0.15) is 30.9 Å². The molecule has 6 heteroatoms. The maximum absolute atomic E-state index is 13.2. The first kappa shape index (κ1) is 18.5. The van der Waals surface area contributed by atoms with E-state index in [1.807, 2.05) is 6.26 Å². The summed E-state index contributed by atoms with van der Waals surface area (Å²) in [5.74, 6) is 0.178. The molecular weight excluding hydrogens is 303 g/mol. The van der Waals surface area contributed by atoms with Crippen molar-refractivity contribution in [2.45, 2.75) is 39.3 Å². The van der Waals surface area contributed by atoms with Crippen molar-refractivity contribution in [2.75, 3.05) is 12.0 Å². The molecular formula is C16H23FN2O2S. The fourth-order valence-corrected chi connectivity index (χ4v) is 2.40. The second-order valence-electron chi connectivity index (χ2n) is 5.06. The van der Waals surface area contributed by atoms with Gasteiger partial charge in [0.1, 0.15) is 11.9 Å². The highest BCUT2D eigenvalue weighted by molar-refractivity contribution is 7.98. The van der Waals surface area contributed by atoms with Crippen molar-refractivity contribution in [1.29, 1.82) is 0 Å². The summed E-state index contributed by atoms with van der Waals surface area (Å²) in [5, 5.41) is 5.53. The van der Waals surface area contributed by atoms with Crippen LogP contribution >= 0.6 is 11.8 Å². The van der Waals surface area contributed by atoms with E-state index in [1.54, 1.807) is 37.7 Å². The molecule has 0 bridgehead atoms. The molecule has 1 unspecified atom stereocenters. The third-order valence-corrected chi connectivity index (χ3v) is 3.92. The molecule has 0 fully saturated rings. The van der Waals surface area contributed by atoms with E-state index in [-0.39, 0.29) is 17.6 Å². The SMILES string of the molecule is CCC(=O)NC(CCSC)C(=O)NCc1ccc(F)c(C)c1. The second kappa shape index (κ2) is 9.46. The number of benzene rings is 1. The first-order valence-corrected chi connectivity index (χ1v) is 8.68. The van der Waals surface area contributed by atoms with Crippen molar-refractivity contribution < 1.29 is 14.0 Å². The van der Waals surface area contributed by atoms with E-state index in [0.29, 0.717) is 24.9 Å². The summed E-state index contributed by atoms with van der Waals surface area (Å²) in [6, 6.07) is 4.21. The van der Waals surface area contributed by atoms with Crippen LogP contribution in [0.15, 0.2) is 18.2 Å². The average Bonchev–Trinajstić information content (AvgIpc) is 2.51. The van der Waals surface area contributed by atoms with Gasteiger partial charge in [0, 0.05) is 13.0 Å². The van der Waals surface area contributed by atoms with Gasteiger partial charge >= 0.3 is 0 Å². The predicted molar refractivity (Wildman–Crippen MR) is 88.2 cm³/mol. The van der Waals surface area contributed by atoms with E-state index in [9.17, 15) is 14.0 Å².